The summed E-state index contributed by atoms with van der Waals surface area (Å²) >= 11 is 0. The summed E-state index contributed by atoms with van der Waals surface area (Å²) < 4.78 is 5.01. The molecule has 1 N–H and O–H groups in total. The number of hydrogen-bond acceptors (Lipinski definition) is 4. The van der Waals surface area contributed by atoms with Crippen molar-refractivity contribution in [3.63, 3.8) is 0 Å². The zero-order valence-corrected chi connectivity index (χ0v) is 9.56. The van der Waals surface area contributed by atoms with E-state index in [4.69, 9.17) is 4.74 Å². The molecule has 2 aliphatic rings. The number of carbonyl (C=O) groups is 1. The molecule has 5 heteroatoms. The van der Waals surface area contributed by atoms with E-state index in [1.807, 2.05) is 0 Å². The summed E-state index contributed by atoms with van der Waals surface area (Å²) in [6, 6.07) is 0.457. The van der Waals surface area contributed by atoms with Crippen LogP contribution in [0.25, 0.3) is 0 Å². The highest BCUT2D eigenvalue weighted by atomic mass is 16.5. The minimum absolute atomic E-state index is 0.395. The monoisotopic (exact) mass is 226 g/mol. The standard InChI is InChI=1S/C11H18N2O3/c1-16-6-5-10-12-11(15)9(14)7-13(10)8-3-2-4-8/h8-9,14H,2-7H2,1H3. The lowest BCUT2D eigenvalue weighted by Crippen LogP contribution is -2.52. The molecular formula is C11H18N2O3. The van der Waals surface area contributed by atoms with Gasteiger partial charge in [-0.3, -0.25) is 4.79 Å². The number of hydrogen-bond donors (Lipinski definition) is 1. The molecule has 0 radical (unpaired) electrons. The maximum Gasteiger partial charge on any atom is 0.277 e. The highest BCUT2D eigenvalue weighted by Gasteiger charge is 2.34. The molecule has 1 unspecified atom stereocenters. The van der Waals surface area contributed by atoms with E-state index in [9.17, 15) is 9.90 Å². The summed E-state index contributed by atoms with van der Waals surface area (Å²) in [5.74, 6) is 0.364. The van der Waals surface area contributed by atoms with Crippen LogP contribution < -0.4 is 0 Å². The van der Waals surface area contributed by atoms with Gasteiger partial charge in [0.1, 0.15) is 5.84 Å². The van der Waals surface area contributed by atoms with Gasteiger partial charge in [0.15, 0.2) is 6.10 Å². The number of aliphatic imine (C=N–C) groups is 1. The second kappa shape index (κ2) is 4.93. The van der Waals surface area contributed by atoms with Crippen molar-refractivity contribution in [2.24, 2.45) is 4.99 Å². The summed E-state index contributed by atoms with van der Waals surface area (Å²) in [4.78, 5) is 17.4. The fraction of sp³-hybridized carbons (Fsp3) is 0.818. The molecule has 0 spiro atoms. The van der Waals surface area contributed by atoms with Crippen molar-refractivity contribution < 1.29 is 14.6 Å². The highest BCUT2D eigenvalue weighted by molar-refractivity contribution is 5.99. The Hall–Kier alpha value is -0.940. The van der Waals surface area contributed by atoms with Crippen LogP contribution >= 0.6 is 0 Å². The Morgan fingerprint density at radius 1 is 1.56 bits per heavy atom. The van der Waals surface area contributed by atoms with Crippen molar-refractivity contribution in [3.05, 3.63) is 0 Å². The van der Waals surface area contributed by atoms with Crippen LogP contribution in [0.3, 0.4) is 0 Å². The normalized spacial score (nSPS) is 26.6. The third-order valence-corrected chi connectivity index (χ3v) is 3.27. The van der Waals surface area contributed by atoms with Gasteiger partial charge in [-0.25, -0.2) is 0 Å². The molecule has 2 rings (SSSR count). The molecule has 90 valence electrons. The molecule has 1 aliphatic heterocycles. The Morgan fingerprint density at radius 3 is 2.88 bits per heavy atom. The highest BCUT2D eigenvalue weighted by Crippen LogP contribution is 2.27. The Labute approximate surface area is 95.1 Å². The molecule has 0 aromatic heterocycles. The van der Waals surface area contributed by atoms with Crippen LogP contribution in [-0.2, 0) is 9.53 Å². The maximum atomic E-state index is 11.3. The fourth-order valence-corrected chi connectivity index (χ4v) is 2.09. The number of ether oxygens (including phenoxy) is 1. The maximum absolute atomic E-state index is 11.3. The van der Waals surface area contributed by atoms with Crippen LogP contribution in [0, 0.1) is 0 Å². The van der Waals surface area contributed by atoms with Crippen molar-refractivity contribution in [2.75, 3.05) is 20.3 Å². The summed E-state index contributed by atoms with van der Waals surface area (Å²) in [6.45, 7) is 0.956. The van der Waals surface area contributed by atoms with Gasteiger partial charge in [0, 0.05) is 19.6 Å². The first-order chi connectivity index (χ1) is 7.72. The number of aliphatic hydroxyl groups is 1. The number of methoxy groups -OCH3 is 1. The van der Waals surface area contributed by atoms with Gasteiger partial charge < -0.3 is 14.7 Å². The van der Waals surface area contributed by atoms with Crippen molar-refractivity contribution in [1.82, 2.24) is 4.90 Å². The summed E-state index contributed by atoms with van der Waals surface area (Å²) in [7, 11) is 1.63. The first-order valence-electron chi connectivity index (χ1n) is 5.77. The van der Waals surface area contributed by atoms with Gasteiger partial charge >= 0.3 is 0 Å². The zero-order chi connectivity index (χ0) is 11.5. The lowest BCUT2D eigenvalue weighted by molar-refractivity contribution is -0.127. The average Bonchev–Trinajstić information content (AvgIpc) is 2.18. The van der Waals surface area contributed by atoms with Gasteiger partial charge in [-0.15, -0.1) is 0 Å². The third-order valence-electron chi connectivity index (χ3n) is 3.27. The number of nitrogens with zero attached hydrogens (tertiary/aromatic N) is 2. The minimum Gasteiger partial charge on any atom is -0.384 e. The summed E-state index contributed by atoms with van der Waals surface area (Å²) in [5.41, 5.74) is 0. The smallest absolute Gasteiger partial charge is 0.277 e. The summed E-state index contributed by atoms with van der Waals surface area (Å²) in [5, 5.41) is 9.53. The molecule has 1 amide bonds. The van der Waals surface area contributed by atoms with Crippen molar-refractivity contribution in [3.8, 4) is 0 Å². The van der Waals surface area contributed by atoms with E-state index in [-0.39, 0.29) is 0 Å². The molecule has 0 aromatic rings. The predicted molar refractivity (Wildman–Crippen MR) is 59.3 cm³/mol. The van der Waals surface area contributed by atoms with Gasteiger partial charge in [0.25, 0.3) is 5.91 Å². The van der Waals surface area contributed by atoms with Gasteiger partial charge in [0.05, 0.1) is 13.2 Å². The van der Waals surface area contributed by atoms with Gasteiger partial charge in [-0.05, 0) is 19.3 Å². The van der Waals surface area contributed by atoms with E-state index in [1.165, 1.54) is 6.42 Å². The average molecular weight is 226 g/mol. The molecule has 5 nitrogen and oxygen atoms in total. The fourth-order valence-electron chi connectivity index (χ4n) is 2.09. The van der Waals surface area contributed by atoms with E-state index in [0.717, 1.165) is 18.7 Å². The van der Waals surface area contributed by atoms with Gasteiger partial charge in [-0.2, -0.15) is 4.99 Å². The molecule has 1 fully saturated rings. The molecule has 1 aliphatic carbocycles. The van der Waals surface area contributed by atoms with Crippen LogP contribution in [0.4, 0.5) is 0 Å². The van der Waals surface area contributed by atoms with Crippen molar-refractivity contribution in [2.45, 2.75) is 37.8 Å². The molecule has 1 heterocycles. The van der Waals surface area contributed by atoms with Crippen LogP contribution in [0.5, 0.6) is 0 Å². The molecule has 0 saturated heterocycles. The first kappa shape index (κ1) is 11.5. The van der Waals surface area contributed by atoms with Crippen LogP contribution in [0.2, 0.25) is 0 Å². The van der Waals surface area contributed by atoms with Crippen molar-refractivity contribution in [1.29, 1.82) is 0 Å². The Kier molecular flexibility index (Phi) is 3.56. The number of rotatable bonds is 4. The van der Waals surface area contributed by atoms with E-state index in [1.54, 1.807) is 7.11 Å². The van der Waals surface area contributed by atoms with Crippen LogP contribution in [0.1, 0.15) is 25.7 Å². The lowest BCUT2D eigenvalue weighted by atomic mass is 9.90. The second-order valence-electron chi connectivity index (χ2n) is 4.36. The number of carbonyl (C=O) groups excluding carboxylic acids is 1. The molecule has 0 aromatic carbocycles. The van der Waals surface area contributed by atoms with Crippen LogP contribution in [-0.4, -0.2) is 54.2 Å². The molecule has 1 atom stereocenters. The van der Waals surface area contributed by atoms with E-state index in [0.29, 0.717) is 25.6 Å². The molecule has 16 heavy (non-hydrogen) atoms. The third kappa shape index (κ3) is 2.25. The Balaban J connectivity index is 2.07. The zero-order valence-electron chi connectivity index (χ0n) is 9.56. The van der Waals surface area contributed by atoms with E-state index in [2.05, 4.69) is 9.89 Å². The molecule has 0 bridgehead atoms. The Bertz CT molecular complexity index is 300. The Morgan fingerprint density at radius 2 is 2.31 bits per heavy atom. The van der Waals surface area contributed by atoms with Crippen molar-refractivity contribution >= 4 is 11.7 Å². The number of β-amino-alcohol motifs (C(OH)–C–C–N with tert-alkyl or cyclic N) is 1. The topological polar surface area (TPSA) is 62.1 Å². The number of amides is 1. The van der Waals surface area contributed by atoms with Crippen LogP contribution in [0.15, 0.2) is 4.99 Å². The number of aliphatic hydroxyl groups excluding tert-OH is 1. The quantitative estimate of drug-likeness (QED) is 0.742. The minimum atomic E-state index is -0.952. The van der Waals surface area contributed by atoms with E-state index >= 15 is 0 Å². The predicted octanol–water partition coefficient (Wildman–Crippen LogP) is 0.177. The SMILES string of the molecule is COCCC1=NC(=O)C(O)CN1C1CCC1. The molecular weight excluding hydrogens is 208 g/mol. The first-order valence-corrected chi connectivity index (χ1v) is 5.77. The second-order valence-corrected chi connectivity index (χ2v) is 4.36. The van der Waals surface area contributed by atoms with E-state index < -0.39 is 12.0 Å². The largest absolute Gasteiger partial charge is 0.384 e. The molecule has 1 saturated carbocycles. The summed E-state index contributed by atoms with van der Waals surface area (Å²) in [6.07, 6.45) is 3.18. The number of amidine groups is 1. The van der Waals surface area contributed by atoms with Gasteiger partial charge in [-0.1, -0.05) is 0 Å². The van der Waals surface area contributed by atoms with Gasteiger partial charge in [0.2, 0.25) is 0 Å². The lowest BCUT2D eigenvalue weighted by Gasteiger charge is -2.42.